The summed E-state index contributed by atoms with van der Waals surface area (Å²) in [6.07, 6.45) is 1.17. The SMILES string of the molecule is CCC(C)c1cc(N)ccc1C. The van der Waals surface area contributed by atoms with Gasteiger partial charge in [-0.3, -0.25) is 0 Å². The molecule has 1 nitrogen and oxygen atoms in total. The van der Waals surface area contributed by atoms with E-state index in [-0.39, 0.29) is 0 Å². The topological polar surface area (TPSA) is 26.0 Å². The van der Waals surface area contributed by atoms with Crippen LogP contribution < -0.4 is 5.73 Å². The van der Waals surface area contributed by atoms with E-state index >= 15 is 0 Å². The molecule has 0 amide bonds. The monoisotopic (exact) mass is 163 g/mol. The maximum atomic E-state index is 5.72. The summed E-state index contributed by atoms with van der Waals surface area (Å²) < 4.78 is 0. The summed E-state index contributed by atoms with van der Waals surface area (Å²) in [6, 6.07) is 6.14. The van der Waals surface area contributed by atoms with Gasteiger partial charge in [0.15, 0.2) is 0 Å². The summed E-state index contributed by atoms with van der Waals surface area (Å²) in [4.78, 5) is 0. The number of rotatable bonds is 2. The summed E-state index contributed by atoms with van der Waals surface area (Å²) in [7, 11) is 0. The molecule has 0 radical (unpaired) electrons. The Morgan fingerprint density at radius 1 is 1.42 bits per heavy atom. The van der Waals surface area contributed by atoms with Crippen molar-refractivity contribution >= 4 is 5.69 Å². The predicted molar refractivity (Wildman–Crippen MR) is 54.3 cm³/mol. The second-order valence-electron chi connectivity index (χ2n) is 3.43. The van der Waals surface area contributed by atoms with Gasteiger partial charge < -0.3 is 5.73 Å². The van der Waals surface area contributed by atoms with Crippen molar-refractivity contribution in [3.8, 4) is 0 Å². The highest BCUT2D eigenvalue weighted by Crippen LogP contribution is 2.23. The first-order chi connectivity index (χ1) is 5.65. The van der Waals surface area contributed by atoms with Crippen LogP contribution in [0.25, 0.3) is 0 Å². The third kappa shape index (κ3) is 1.79. The molecule has 12 heavy (non-hydrogen) atoms. The first-order valence-corrected chi connectivity index (χ1v) is 4.51. The minimum absolute atomic E-state index is 0.619. The van der Waals surface area contributed by atoms with Crippen LogP contribution in [0.1, 0.15) is 37.3 Å². The predicted octanol–water partition coefficient (Wildman–Crippen LogP) is 3.09. The molecule has 0 saturated heterocycles. The van der Waals surface area contributed by atoms with E-state index in [0.29, 0.717) is 5.92 Å². The molecule has 0 aromatic heterocycles. The zero-order valence-corrected chi connectivity index (χ0v) is 8.09. The first kappa shape index (κ1) is 9.11. The number of aryl methyl sites for hydroxylation is 1. The van der Waals surface area contributed by atoms with E-state index in [4.69, 9.17) is 5.73 Å². The van der Waals surface area contributed by atoms with Crippen molar-refractivity contribution in [2.24, 2.45) is 0 Å². The van der Waals surface area contributed by atoms with Gasteiger partial charge in [-0.05, 0) is 42.5 Å². The van der Waals surface area contributed by atoms with Gasteiger partial charge in [0.25, 0.3) is 0 Å². The Kier molecular flexibility index (Phi) is 2.74. The number of benzene rings is 1. The van der Waals surface area contributed by atoms with E-state index in [1.54, 1.807) is 0 Å². The van der Waals surface area contributed by atoms with Crippen LogP contribution in [-0.2, 0) is 0 Å². The molecule has 1 rings (SSSR count). The molecule has 2 N–H and O–H groups in total. The average Bonchev–Trinajstić information content (AvgIpc) is 2.08. The van der Waals surface area contributed by atoms with Crippen molar-refractivity contribution in [1.82, 2.24) is 0 Å². The molecule has 0 bridgehead atoms. The highest BCUT2D eigenvalue weighted by molar-refractivity contribution is 5.45. The van der Waals surface area contributed by atoms with E-state index in [1.165, 1.54) is 17.5 Å². The van der Waals surface area contributed by atoms with Crippen molar-refractivity contribution in [2.75, 3.05) is 5.73 Å². The molecule has 0 spiro atoms. The van der Waals surface area contributed by atoms with Crippen LogP contribution in [0.3, 0.4) is 0 Å². The van der Waals surface area contributed by atoms with Crippen LogP contribution in [0.15, 0.2) is 18.2 Å². The van der Waals surface area contributed by atoms with Gasteiger partial charge in [0.05, 0.1) is 0 Å². The lowest BCUT2D eigenvalue weighted by atomic mass is 9.94. The number of nitrogens with two attached hydrogens (primary N) is 1. The van der Waals surface area contributed by atoms with Crippen LogP contribution in [-0.4, -0.2) is 0 Å². The van der Waals surface area contributed by atoms with E-state index in [1.807, 2.05) is 6.07 Å². The number of hydrogen-bond donors (Lipinski definition) is 1. The molecule has 0 aliphatic rings. The summed E-state index contributed by atoms with van der Waals surface area (Å²) >= 11 is 0. The van der Waals surface area contributed by atoms with Gasteiger partial charge in [-0.2, -0.15) is 0 Å². The lowest BCUT2D eigenvalue weighted by molar-refractivity contribution is 0.728. The molecule has 0 fully saturated rings. The van der Waals surface area contributed by atoms with Gasteiger partial charge in [0.1, 0.15) is 0 Å². The molecule has 1 unspecified atom stereocenters. The Labute approximate surface area is 74.6 Å². The number of hydrogen-bond acceptors (Lipinski definition) is 1. The van der Waals surface area contributed by atoms with Crippen LogP contribution in [0.4, 0.5) is 5.69 Å². The Balaban J connectivity index is 3.04. The molecule has 1 atom stereocenters. The van der Waals surface area contributed by atoms with Crippen LogP contribution in [0, 0.1) is 6.92 Å². The summed E-state index contributed by atoms with van der Waals surface area (Å²) in [5.74, 6) is 0.619. The van der Waals surface area contributed by atoms with Gasteiger partial charge in [-0.25, -0.2) is 0 Å². The highest BCUT2D eigenvalue weighted by atomic mass is 14.5. The van der Waals surface area contributed by atoms with Gasteiger partial charge >= 0.3 is 0 Å². The van der Waals surface area contributed by atoms with Gasteiger partial charge in [-0.1, -0.05) is 19.9 Å². The zero-order valence-electron chi connectivity index (χ0n) is 8.09. The second kappa shape index (κ2) is 3.61. The smallest absolute Gasteiger partial charge is 0.0317 e. The molecule has 0 heterocycles. The minimum Gasteiger partial charge on any atom is -0.399 e. The average molecular weight is 163 g/mol. The Morgan fingerprint density at radius 2 is 2.08 bits per heavy atom. The number of anilines is 1. The Hall–Kier alpha value is -0.980. The van der Waals surface area contributed by atoms with Crippen LogP contribution >= 0.6 is 0 Å². The minimum atomic E-state index is 0.619. The lowest BCUT2D eigenvalue weighted by Crippen LogP contribution is -1.96. The van der Waals surface area contributed by atoms with Crippen molar-refractivity contribution in [3.05, 3.63) is 29.3 Å². The quantitative estimate of drug-likeness (QED) is 0.666. The van der Waals surface area contributed by atoms with Crippen molar-refractivity contribution in [1.29, 1.82) is 0 Å². The molecule has 1 heteroatoms. The summed E-state index contributed by atoms with van der Waals surface area (Å²) in [5.41, 5.74) is 9.32. The van der Waals surface area contributed by atoms with Crippen molar-refractivity contribution in [3.63, 3.8) is 0 Å². The largest absolute Gasteiger partial charge is 0.399 e. The van der Waals surface area contributed by atoms with E-state index in [2.05, 4.69) is 32.9 Å². The number of nitrogen functional groups attached to an aromatic ring is 1. The second-order valence-corrected chi connectivity index (χ2v) is 3.43. The molecule has 1 aromatic carbocycles. The third-order valence-electron chi connectivity index (χ3n) is 2.45. The first-order valence-electron chi connectivity index (χ1n) is 4.51. The maximum absolute atomic E-state index is 5.72. The fraction of sp³-hybridized carbons (Fsp3) is 0.455. The normalized spacial score (nSPS) is 12.9. The van der Waals surface area contributed by atoms with Gasteiger partial charge in [0, 0.05) is 5.69 Å². The zero-order chi connectivity index (χ0) is 9.14. The maximum Gasteiger partial charge on any atom is 0.0317 e. The molecular weight excluding hydrogens is 146 g/mol. The van der Waals surface area contributed by atoms with Gasteiger partial charge in [-0.15, -0.1) is 0 Å². The highest BCUT2D eigenvalue weighted by Gasteiger charge is 2.05. The molecule has 0 aliphatic carbocycles. The molecule has 0 saturated carbocycles. The summed E-state index contributed by atoms with van der Waals surface area (Å²) in [6.45, 7) is 6.58. The van der Waals surface area contributed by atoms with E-state index in [0.717, 1.165) is 5.69 Å². The van der Waals surface area contributed by atoms with Gasteiger partial charge in [0.2, 0.25) is 0 Å². The molecular formula is C11H17N. The van der Waals surface area contributed by atoms with Crippen LogP contribution in [0.5, 0.6) is 0 Å². The third-order valence-corrected chi connectivity index (χ3v) is 2.45. The van der Waals surface area contributed by atoms with E-state index < -0.39 is 0 Å². The lowest BCUT2D eigenvalue weighted by Gasteiger charge is -2.12. The Bertz CT molecular complexity index is 266. The van der Waals surface area contributed by atoms with E-state index in [9.17, 15) is 0 Å². The van der Waals surface area contributed by atoms with Crippen LogP contribution in [0.2, 0.25) is 0 Å². The molecule has 0 aliphatic heterocycles. The standard InChI is InChI=1S/C11H17N/c1-4-8(2)11-7-10(12)6-5-9(11)3/h5-8H,4,12H2,1-3H3. The Morgan fingerprint density at radius 3 is 2.67 bits per heavy atom. The van der Waals surface area contributed by atoms with Crippen molar-refractivity contribution in [2.45, 2.75) is 33.1 Å². The fourth-order valence-corrected chi connectivity index (χ4v) is 1.41. The molecule has 1 aromatic rings. The fourth-order valence-electron chi connectivity index (χ4n) is 1.41. The molecule has 66 valence electrons. The summed E-state index contributed by atoms with van der Waals surface area (Å²) in [5, 5.41) is 0. The van der Waals surface area contributed by atoms with Crippen molar-refractivity contribution < 1.29 is 0 Å².